The minimum Gasteiger partial charge on any atom is -0.315 e. The van der Waals surface area contributed by atoms with Crippen molar-refractivity contribution in [3.05, 3.63) is 70.5 Å². The van der Waals surface area contributed by atoms with Crippen LogP contribution in [0.25, 0.3) is 0 Å². The molecule has 2 nitrogen and oxygen atoms in total. The maximum atomic E-state index is 13.4. The van der Waals surface area contributed by atoms with Crippen molar-refractivity contribution in [1.82, 2.24) is 0 Å². The van der Waals surface area contributed by atoms with Crippen LogP contribution in [0.4, 0.5) is 4.39 Å². The Hall–Kier alpha value is -1.71. The maximum absolute atomic E-state index is 13.4. The summed E-state index contributed by atoms with van der Waals surface area (Å²) in [6.45, 7) is 1.65. The second kappa shape index (κ2) is 5.73. The number of ketones is 1. The number of nitrogens with two attached hydrogens (primary N) is 1. The molecule has 0 amide bonds. The highest BCUT2D eigenvalue weighted by atomic mass is 35.5. The van der Waals surface area contributed by atoms with Gasteiger partial charge in [0.05, 0.1) is 10.6 Å². The molecule has 0 aromatic heterocycles. The van der Waals surface area contributed by atoms with Crippen LogP contribution in [0.15, 0.2) is 48.5 Å². The van der Waals surface area contributed by atoms with E-state index in [1.807, 2.05) is 18.2 Å². The van der Waals surface area contributed by atoms with Crippen LogP contribution in [0.2, 0.25) is 5.02 Å². The molecule has 0 radical (unpaired) electrons. The van der Waals surface area contributed by atoms with Crippen molar-refractivity contribution in [2.24, 2.45) is 5.73 Å². The lowest BCUT2D eigenvalue weighted by atomic mass is 9.86. The molecule has 1 atom stereocenters. The topological polar surface area (TPSA) is 43.1 Å². The number of rotatable bonds is 4. The molecule has 2 N–H and O–H groups in total. The van der Waals surface area contributed by atoms with Crippen molar-refractivity contribution in [2.45, 2.75) is 18.9 Å². The SMILES string of the molecule is CC(N)(C(=O)Cc1cccc(F)c1Cl)c1ccccc1. The van der Waals surface area contributed by atoms with Crippen molar-refractivity contribution in [3.63, 3.8) is 0 Å². The molecule has 2 aromatic carbocycles. The summed E-state index contributed by atoms with van der Waals surface area (Å²) in [6.07, 6.45) is -0.00150. The largest absolute Gasteiger partial charge is 0.315 e. The zero-order valence-corrected chi connectivity index (χ0v) is 11.8. The van der Waals surface area contributed by atoms with Gasteiger partial charge in [0, 0.05) is 6.42 Å². The van der Waals surface area contributed by atoms with Gasteiger partial charge in [-0.15, -0.1) is 0 Å². The Morgan fingerprint density at radius 1 is 1.20 bits per heavy atom. The summed E-state index contributed by atoms with van der Waals surface area (Å²) in [7, 11) is 0. The molecule has 0 bridgehead atoms. The van der Waals surface area contributed by atoms with E-state index in [1.54, 1.807) is 25.1 Å². The van der Waals surface area contributed by atoms with E-state index >= 15 is 0 Å². The molecule has 0 saturated heterocycles. The molecule has 2 rings (SSSR count). The number of benzene rings is 2. The van der Waals surface area contributed by atoms with Crippen LogP contribution < -0.4 is 5.73 Å². The van der Waals surface area contributed by atoms with E-state index in [-0.39, 0.29) is 17.2 Å². The van der Waals surface area contributed by atoms with Crippen molar-refractivity contribution in [2.75, 3.05) is 0 Å². The molecule has 20 heavy (non-hydrogen) atoms. The molecule has 0 saturated carbocycles. The average molecular weight is 292 g/mol. The minimum absolute atomic E-state index is 0.00150. The zero-order chi connectivity index (χ0) is 14.8. The molecular weight excluding hydrogens is 277 g/mol. The van der Waals surface area contributed by atoms with Crippen LogP contribution in [0.3, 0.4) is 0 Å². The van der Waals surface area contributed by atoms with Crippen LogP contribution in [0, 0.1) is 5.82 Å². The normalized spacial score (nSPS) is 13.8. The summed E-state index contributed by atoms with van der Waals surface area (Å²) < 4.78 is 13.4. The van der Waals surface area contributed by atoms with Gasteiger partial charge in [0.2, 0.25) is 0 Å². The van der Waals surface area contributed by atoms with Crippen molar-refractivity contribution in [1.29, 1.82) is 0 Å². The van der Waals surface area contributed by atoms with Gasteiger partial charge in [-0.1, -0.05) is 54.1 Å². The lowest BCUT2D eigenvalue weighted by molar-refractivity contribution is -0.123. The zero-order valence-electron chi connectivity index (χ0n) is 11.1. The van der Waals surface area contributed by atoms with Gasteiger partial charge in [0.15, 0.2) is 5.78 Å². The third kappa shape index (κ3) is 2.89. The summed E-state index contributed by atoms with van der Waals surface area (Å²) in [4.78, 5) is 12.4. The first-order valence-corrected chi connectivity index (χ1v) is 6.61. The second-order valence-corrected chi connectivity index (χ2v) is 5.26. The number of carbonyl (C=O) groups excluding carboxylic acids is 1. The van der Waals surface area contributed by atoms with E-state index in [9.17, 15) is 9.18 Å². The van der Waals surface area contributed by atoms with E-state index in [1.165, 1.54) is 12.1 Å². The summed E-state index contributed by atoms with van der Waals surface area (Å²) in [5.74, 6) is -0.744. The molecule has 0 fully saturated rings. The summed E-state index contributed by atoms with van der Waals surface area (Å²) >= 11 is 5.87. The second-order valence-electron chi connectivity index (χ2n) is 4.88. The quantitative estimate of drug-likeness (QED) is 0.937. The third-order valence-corrected chi connectivity index (χ3v) is 3.76. The Kier molecular flexibility index (Phi) is 4.21. The Balaban J connectivity index is 2.26. The van der Waals surface area contributed by atoms with Crippen molar-refractivity contribution >= 4 is 17.4 Å². The first-order chi connectivity index (χ1) is 9.43. The Morgan fingerprint density at radius 2 is 1.85 bits per heavy atom. The fourth-order valence-corrected chi connectivity index (χ4v) is 2.18. The van der Waals surface area contributed by atoms with Crippen LogP contribution in [0.1, 0.15) is 18.1 Å². The average Bonchev–Trinajstić information content (AvgIpc) is 2.44. The van der Waals surface area contributed by atoms with E-state index < -0.39 is 11.4 Å². The highest BCUT2D eigenvalue weighted by molar-refractivity contribution is 6.31. The number of hydrogen-bond donors (Lipinski definition) is 1. The molecule has 2 aromatic rings. The van der Waals surface area contributed by atoms with Gasteiger partial charge in [-0.3, -0.25) is 4.79 Å². The van der Waals surface area contributed by atoms with Gasteiger partial charge in [0.25, 0.3) is 0 Å². The molecule has 0 heterocycles. The lowest BCUT2D eigenvalue weighted by Gasteiger charge is -2.24. The van der Waals surface area contributed by atoms with Crippen molar-refractivity contribution < 1.29 is 9.18 Å². The number of Topliss-reactive ketones (excluding diaryl/α,β-unsaturated/α-hetero) is 1. The Labute approximate surface area is 122 Å². The van der Waals surface area contributed by atoms with Gasteiger partial charge in [0.1, 0.15) is 5.82 Å². The summed E-state index contributed by atoms with van der Waals surface area (Å²) in [5.41, 5.74) is 6.17. The number of hydrogen-bond acceptors (Lipinski definition) is 2. The van der Waals surface area contributed by atoms with Gasteiger partial charge in [-0.2, -0.15) is 0 Å². The summed E-state index contributed by atoms with van der Waals surface area (Å²) in [5, 5.41) is -0.0234. The third-order valence-electron chi connectivity index (χ3n) is 3.34. The lowest BCUT2D eigenvalue weighted by Crippen LogP contribution is -2.42. The fraction of sp³-hybridized carbons (Fsp3) is 0.188. The molecule has 0 aliphatic heterocycles. The smallest absolute Gasteiger partial charge is 0.161 e. The van der Waals surface area contributed by atoms with Crippen LogP contribution >= 0.6 is 11.6 Å². The van der Waals surface area contributed by atoms with E-state index in [4.69, 9.17) is 17.3 Å². The Morgan fingerprint density at radius 3 is 2.50 bits per heavy atom. The van der Waals surface area contributed by atoms with E-state index in [0.29, 0.717) is 5.56 Å². The summed E-state index contributed by atoms with van der Waals surface area (Å²) in [6, 6.07) is 13.5. The highest BCUT2D eigenvalue weighted by Gasteiger charge is 2.30. The predicted molar refractivity (Wildman–Crippen MR) is 78.1 cm³/mol. The van der Waals surface area contributed by atoms with Gasteiger partial charge < -0.3 is 5.73 Å². The molecule has 0 aliphatic rings. The molecule has 4 heteroatoms. The first-order valence-electron chi connectivity index (χ1n) is 6.23. The standard InChI is InChI=1S/C16H15ClFNO/c1-16(19,12-7-3-2-4-8-12)14(20)10-11-6-5-9-13(18)15(11)17/h2-9H,10,19H2,1H3. The molecular formula is C16H15ClFNO. The fourth-order valence-electron chi connectivity index (χ4n) is 1.99. The predicted octanol–water partition coefficient (Wildman–Crippen LogP) is 3.46. The van der Waals surface area contributed by atoms with Crippen LogP contribution in [0.5, 0.6) is 0 Å². The minimum atomic E-state index is -1.13. The van der Waals surface area contributed by atoms with Crippen LogP contribution in [-0.4, -0.2) is 5.78 Å². The van der Waals surface area contributed by atoms with E-state index in [2.05, 4.69) is 0 Å². The molecule has 104 valence electrons. The molecule has 1 unspecified atom stereocenters. The highest BCUT2D eigenvalue weighted by Crippen LogP contribution is 2.25. The van der Waals surface area contributed by atoms with Gasteiger partial charge in [-0.25, -0.2) is 4.39 Å². The Bertz CT molecular complexity index is 626. The van der Waals surface area contributed by atoms with E-state index in [0.717, 1.165) is 5.56 Å². The van der Waals surface area contributed by atoms with Gasteiger partial charge in [-0.05, 0) is 24.1 Å². The first kappa shape index (κ1) is 14.7. The maximum Gasteiger partial charge on any atom is 0.161 e. The van der Waals surface area contributed by atoms with Crippen LogP contribution in [-0.2, 0) is 16.8 Å². The molecule has 0 aliphatic carbocycles. The number of halogens is 2. The monoisotopic (exact) mass is 291 g/mol. The number of carbonyl (C=O) groups is 1. The van der Waals surface area contributed by atoms with Gasteiger partial charge >= 0.3 is 0 Å². The van der Waals surface area contributed by atoms with Crippen molar-refractivity contribution in [3.8, 4) is 0 Å². The molecule has 0 spiro atoms.